The highest BCUT2D eigenvalue weighted by Gasteiger charge is 2.22. The maximum atomic E-state index is 13.4. The van der Waals surface area contributed by atoms with E-state index in [0.717, 1.165) is 16.5 Å². The van der Waals surface area contributed by atoms with Crippen molar-refractivity contribution >= 4 is 16.9 Å². The van der Waals surface area contributed by atoms with Crippen LogP contribution >= 0.6 is 11.8 Å². The molecule has 1 aromatic rings. The Labute approximate surface area is 112 Å². The van der Waals surface area contributed by atoms with Crippen molar-refractivity contribution in [3.05, 3.63) is 35.6 Å². The van der Waals surface area contributed by atoms with E-state index in [1.165, 1.54) is 6.07 Å². The van der Waals surface area contributed by atoms with Gasteiger partial charge in [-0.3, -0.25) is 4.99 Å². The molecule has 2 rings (SSSR count). The molecule has 0 bridgehead atoms. The fraction of sp³-hybridized carbons (Fsp3) is 0.500. The highest BCUT2D eigenvalue weighted by molar-refractivity contribution is 8.14. The van der Waals surface area contributed by atoms with Crippen LogP contribution in [0.4, 0.5) is 4.39 Å². The summed E-state index contributed by atoms with van der Waals surface area (Å²) in [5.41, 5.74) is 0.741. The van der Waals surface area contributed by atoms with Crippen LogP contribution in [-0.2, 0) is 6.42 Å². The molecule has 18 heavy (non-hydrogen) atoms. The summed E-state index contributed by atoms with van der Waals surface area (Å²) in [6, 6.07) is 7.42. The quantitative estimate of drug-likeness (QED) is 0.905. The predicted molar refractivity (Wildman–Crippen MR) is 76.6 cm³/mol. The highest BCUT2D eigenvalue weighted by atomic mass is 32.2. The molecule has 0 aliphatic carbocycles. The number of aliphatic imine (C=N–C) groups is 1. The van der Waals surface area contributed by atoms with Crippen LogP contribution in [0, 0.1) is 11.7 Å². The van der Waals surface area contributed by atoms with Crippen molar-refractivity contribution in [1.29, 1.82) is 0 Å². The maximum Gasteiger partial charge on any atom is 0.156 e. The Balaban J connectivity index is 1.84. The number of hydrogen-bond acceptors (Lipinski definition) is 2. The van der Waals surface area contributed by atoms with E-state index in [9.17, 15) is 4.39 Å². The Morgan fingerprint density at radius 3 is 2.89 bits per heavy atom. The summed E-state index contributed by atoms with van der Waals surface area (Å²) >= 11 is 1.76. The van der Waals surface area contributed by atoms with E-state index in [4.69, 9.17) is 0 Å². The van der Waals surface area contributed by atoms with Crippen LogP contribution in [0.2, 0.25) is 0 Å². The second-order valence-electron chi connectivity index (χ2n) is 4.83. The molecule has 1 saturated heterocycles. The minimum absolute atomic E-state index is 0.134. The van der Waals surface area contributed by atoms with E-state index in [1.54, 1.807) is 17.8 Å². The zero-order chi connectivity index (χ0) is 13.0. The molecule has 2 nitrogen and oxygen atoms in total. The molecule has 1 aliphatic rings. The Hall–Kier alpha value is -1.03. The fourth-order valence-corrected chi connectivity index (χ4v) is 3.06. The van der Waals surface area contributed by atoms with E-state index in [2.05, 4.69) is 24.2 Å². The van der Waals surface area contributed by atoms with Crippen LogP contribution in [0.15, 0.2) is 29.3 Å². The Bertz CT molecular complexity index is 432. The van der Waals surface area contributed by atoms with Crippen molar-refractivity contribution in [3.8, 4) is 0 Å². The summed E-state index contributed by atoms with van der Waals surface area (Å²) < 4.78 is 13.4. The van der Waals surface area contributed by atoms with Crippen LogP contribution in [0.3, 0.4) is 0 Å². The van der Waals surface area contributed by atoms with Gasteiger partial charge in [0.25, 0.3) is 0 Å². The van der Waals surface area contributed by atoms with Gasteiger partial charge in [0.2, 0.25) is 0 Å². The lowest BCUT2D eigenvalue weighted by molar-refractivity contribution is 0.503. The summed E-state index contributed by atoms with van der Waals surface area (Å²) in [5, 5.41) is 4.42. The van der Waals surface area contributed by atoms with Gasteiger partial charge < -0.3 is 5.32 Å². The number of hydrogen-bond donors (Lipinski definition) is 1. The normalized spacial score (nSPS) is 21.6. The zero-order valence-electron chi connectivity index (χ0n) is 10.8. The molecular formula is C14H19FN2S. The van der Waals surface area contributed by atoms with Crippen molar-refractivity contribution in [3.63, 3.8) is 0 Å². The van der Waals surface area contributed by atoms with E-state index in [1.807, 2.05) is 12.1 Å². The second kappa shape index (κ2) is 6.23. The topological polar surface area (TPSA) is 24.4 Å². The molecule has 1 heterocycles. The first kappa shape index (κ1) is 13.4. The van der Waals surface area contributed by atoms with Gasteiger partial charge in [-0.2, -0.15) is 0 Å². The molecular weight excluding hydrogens is 247 g/mol. The minimum Gasteiger partial charge on any atom is -0.361 e. The Morgan fingerprint density at radius 1 is 1.44 bits per heavy atom. The van der Waals surface area contributed by atoms with Crippen molar-refractivity contribution in [2.45, 2.75) is 26.3 Å². The average molecular weight is 266 g/mol. The van der Waals surface area contributed by atoms with Gasteiger partial charge in [0.1, 0.15) is 5.82 Å². The second-order valence-corrected chi connectivity index (χ2v) is 5.84. The number of benzene rings is 1. The molecule has 0 amide bonds. The van der Waals surface area contributed by atoms with Gasteiger partial charge in [0.05, 0.1) is 0 Å². The summed E-state index contributed by atoms with van der Waals surface area (Å²) in [6.45, 7) is 5.06. The third-order valence-corrected chi connectivity index (χ3v) is 4.15. The molecule has 1 aliphatic heterocycles. The summed E-state index contributed by atoms with van der Waals surface area (Å²) in [5.74, 6) is 1.57. The first-order chi connectivity index (χ1) is 8.66. The lowest BCUT2D eigenvalue weighted by Gasteiger charge is -2.13. The Morgan fingerprint density at radius 2 is 2.22 bits per heavy atom. The number of thioether (sulfide) groups is 1. The zero-order valence-corrected chi connectivity index (χ0v) is 11.6. The molecule has 1 fully saturated rings. The van der Waals surface area contributed by atoms with Crippen molar-refractivity contribution in [2.75, 3.05) is 12.3 Å². The molecule has 1 N–H and O–H groups in total. The molecule has 1 atom stereocenters. The molecule has 1 aromatic carbocycles. The van der Waals surface area contributed by atoms with Gasteiger partial charge in [0.15, 0.2) is 5.17 Å². The summed E-state index contributed by atoms with van der Waals surface area (Å²) in [7, 11) is 0. The number of halogens is 1. The van der Waals surface area contributed by atoms with Gasteiger partial charge in [-0.25, -0.2) is 4.39 Å². The first-order valence-electron chi connectivity index (χ1n) is 6.34. The van der Waals surface area contributed by atoms with Crippen LogP contribution in [0.25, 0.3) is 0 Å². The smallest absolute Gasteiger partial charge is 0.156 e. The van der Waals surface area contributed by atoms with Crippen LogP contribution in [0.5, 0.6) is 0 Å². The summed E-state index contributed by atoms with van der Waals surface area (Å²) in [4.78, 5) is 4.49. The molecule has 0 unspecified atom stereocenters. The van der Waals surface area contributed by atoms with Gasteiger partial charge in [-0.05, 0) is 24.0 Å². The number of amidine groups is 1. The van der Waals surface area contributed by atoms with Crippen molar-refractivity contribution in [1.82, 2.24) is 5.32 Å². The standard InChI is InChI=1S/C14H19FN2S/c1-10(2)13-9-18-14(17-13)16-8-7-11-5-3-4-6-12(11)15/h3-6,10,13H,7-9H2,1-2H3,(H,16,17)/t13-/m1/s1. The van der Waals surface area contributed by atoms with Crippen molar-refractivity contribution in [2.24, 2.45) is 10.9 Å². The first-order valence-corrected chi connectivity index (χ1v) is 7.32. The monoisotopic (exact) mass is 266 g/mol. The van der Waals surface area contributed by atoms with E-state index < -0.39 is 0 Å². The van der Waals surface area contributed by atoms with Crippen molar-refractivity contribution < 1.29 is 4.39 Å². The third kappa shape index (κ3) is 3.48. The maximum absolute atomic E-state index is 13.4. The fourth-order valence-electron chi connectivity index (χ4n) is 1.84. The average Bonchev–Trinajstić information content (AvgIpc) is 2.80. The molecule has 0 spiro atoms. The van der Waals surface area contributed by atoms with E-state index >= 15 is 0 Å². The van der Waals surface area contributed by atoms with E-state index in [-0.39, 0.29) is 5.82 Å². The van der Waals surface area contributed by atoms with Crippen LogP contribution in [0.1, 0.15) is 19.4 Å². The van der Waals surface area contributed by atoms with E-state index in [0.29, 0.717) is 24.9 Å². The van der Waals surface area contributed by atoms with Gasteiger partial charge >= 0.3 is 0 Å². The largest absolute Gasteiger partial charge is 0.361 e. The highest BCUT2D eigenvalue weighted by Crippen LogP contribution is 2.19. The molecule has 98 valence electrons. The number of nitrogens with zero attached hydrogens (tertiary/aromatic N) is 1. The molecule has 0 aromatic heterocycles. The Kier molecular flexibility index (Phi) is 4.64. The summed E-state index contributed by atoms with van der Waals surface area (Å²) in [6.07, 6.45) is 0.657. The van der Waals surface area contributed by atoms with Crippen LogP contribution in [-0.4, -0.2) is 23.5 Å². The number of nitrogens with one attached hydrogen (secondary N) is 1. The predicted octanol–water partition coefficient (Wildman–Crippen LogP) is 3.09. The third-order valence-electron chi connectivity index (χ3n) is 3.11. The molecule has 4 heteroatoms. The number of rotatable bonds is 4. The van der Waals surface area contributed by atoms with Gasteiger partial charge in [-0.1, -0.05) is 43.8 Å². The molecule has 0 saturated carbocycles. The minimum atomic E-state index is -0.134. The van der Waals surface area contributed by atoms with Crippen LogP contribution < -0.4 is 5.32 Å². The lowest BCUT2D eigenvalue weighted by atomic mass is 10.1. The van der Waals surface area contributed by atoms with Gasteiger partial charge in [0, 0.05) is 18.3 Å². The SMILES string of the molecule is CC(C)[C@H]1CSC(=NCCc2ccccc2F)N1. The van der Waals surface area contributed by atoms with Gasteiger partial charge in [-0.15, -0.1) is 0 Å². The lowest BCUT2D eigenvalue weighted by Crippen LogP contribution is -2.31. The molecule has 0 radical (unpaired) electrons.